The summed E-state index contributed by atoms with van der Waals surface area (Å²) in [5, 5.41) is 5.03. The van der Waals surface area contributed by atoms with Crippen molar-refractivity contribution in [2.24, 2.45) is 5.73 Å². The summed E-state index contributed by atoms with van der Waals surface area (Å²) in [6, 6.07) is 3.17. The van der Waals surface area contributed by atoms with Crippen LogP contribution in [0.2, 0.25) is 0 Å². The summed E-state index contributed by atoms with van der Waals surface area (Å²) in [5.41, 5.74) is 6.19. The number of hydrogen-bond acceptors (Lipinski definition) is 2. The van der Waals surface area contributed by atoms with E-state index in [1.54, 1.807) is 16.9 Å². The van der Waals surface area contributed by atoms with Crippen molar-refractivity contribution >= 4 is 39.2 Å². The first-order chi connectivity index (χ1) is 6.72. The van der Waals surface area contributed by atoms with E-state index in [0.717, 1.165) is 10.9 Å². The predicted octanol–water partition coefficient (Wildman–Crippen LogP) is 2.32. The fourth-order valence-corrected chi connectivity index (χ4v) is 1.73. The Hall–Kier alpha value is -0.650. The van der Waals surface area contributed by atoms with Crippen LogP contribution in [0.3, 0.4) is 0 Å². The topological polar surface area (TPSA) is 43.8 Å². The van der Waals surface area contributed by atoms with Crippen LogP contribution in [0.25, 0.3) is 10.9 Å². The highest BCUT2D eigenvalue weighted by atomic mass is 79.9. The van der Waals surface area contributed by atoms with Crippen molar-refractivity contribution in [1.29, 1.82) is 0 Å². The standard InChI is InChI=1S/C9H9BrFN3.ClH/c10-7-3-6-5-13-14(2-1-12)9(6)4-8(7)11;/h3-5H,1-2,12H2;1H. The van der Waals surface area contributed by atoms with Crippen LogP contribution < -0.4 is 5.73 Å². The van der Waals surface area contributed by atoms with Gasteiger partial charge in [0.1, 0.15) is 5.82 Å². The van der Waals surface area contributed by atoms with Gasteiger partial charge in [-0.25, -0.2) is 4.39 Å². The largest absolute Gasteiger partial charge is 0.329 e. The highest BCUT2D eigenvalue weighted by molar-refractivity contribution is 9.10. The number of aromatic nitrogens is 2. The molecule has 0 bridgehead atoms. The Bertz CT molecular complexity index is 472. The number of halogens is 3. The molecule has 0 unspecified atom stereocenters. The van der Waals surface area contributed by atoms with E-state index in [1.165, 1.54) is 6.07 Å². The molecule has 2 aromatic rings. The molecule has 0 aliphatic carbocycles. The molecular formula is C9H10BrClFN3. The van der Waals surface area contributed by atoms with E-state index in [9.17, 15) is 4.39 Å². The highest BCUT2D eigenvalue weighted by Gasteiger charge is 2.06. The summed E-state index contributed by atoms with van der Waals surface area (Å²) in [6.07, 6.45) is 1.70. The molecule has 1 aromatic carbocycles. The van der Waals surface area contributed by atoms with Gasteiger partial charge in [-0.2, -0.15) is 5.10 Å². The molecule has 0 spiro atoms. The number of rotatable bonds is 2. The minimum absolute atomic E-state index is 0. The first kappa shape index (κ1) is 12.4. The number of fused-ring (bicyclic) bond motifs is 1. The molecule has 6 heteroatoms. The summed E-state index contributed by atoms with van der Waals surface area (Å²) < 4.78 is 15.4. The number of nitrogens with zero attached hydrogens (tertiary/aromatic N) is 2. The molecule has 15 heavy (non-hydrogen) atoms. The van der Waals surface area contributed by atoms with Crippen LogP contribution in [0.4, 0.5) is 4.39 Å². The van der Waals surface area contributed by atoms with Gasteiger partial charge in [0.2, 0.25) is 0 Å². The maximum atomic E-state index is 13.2. The molecule has 0 atom stereocenters. The normalized spacial score (nSPS) is 10.3. The molecule has 0 aliphatic heterocycles. The van der Waals surface area contributed by atoms with Crippen LogP contribution in [-0.4, -0.2) is 16.3 Å². The number of nitrogens with two attached hydrogens (primary N) is 1. The maximum absolute atomic E-state index is 13.2. The lowest BCUT2D eigenvalue weighted by atomic mass is 10.2. The zero-order chi connectivity index (χ0) is 10.1. The Morgan fingerprint density at radius 1 is 1.47 bits per heavy atom. The zero-order valence-electron chi connectivity index (χ0n) is 7.78. The minimum Gasteiger partial charge on any atom is -0.329 e. The smallest absolute Gasteiger partial charge is 0.139 e. The van der Waals surface area contributed by atoms with Crippen LogP contribution in [0.5, 0.6) is 0 Å². The van der Waals surface area contributed by atoms with Crippen LogP contribution in [0, 0.1) is 5.82 Å². The summed E-state index contributed by atoms with van der Waals surface area (Å²) in [7, 11) is 0. The van der Waals surface area contributed by atoms with Gasteiger partial charge in [-0.3, -0.25) is 4.68 Å². The highest BCUT2D eigenvalue weighted by Crippen LogP contribution is 2.22. The fourth-order valence-electron chi connectivity index (χ4n) is 1.37. The molecule has 0 aliphatic rings. The van der Waals surface area contributed by atoms with E-state index in [1.807, 2.05) is 0 Å². The second-order valence-corrected chi connectivity index (χ2v) is 3.84. The maximum Gasteiger partial charge on any atom is 0.139 e. The Labute approximate surface area is 101 Å². The van der Waals surface area contributed by atoms with Gasteiger partial charge in [-0.15, -0.1) is 12.4 Å². The van der Waals surface area contributed by atoms with Crippen molar-refractivity contribution in [3.63, 3.8) is 0 Å². The average molecular weight is 295 g/mol. The Kier molecular flexibility index (Phi) is 4.07. The third-order valence-electron chi connectivity index (χ3n) is 2.02. The lowest BCUT2D eigenvalue weighted by Crippen LogP contribution is -2.10. The number of hydrogen-bond donors (Lipinski definition) is 1. The van der Waals surface area contributed by atoms with Crippen molar-refractivity contribution < 1.29 is 4.39 Å². The molecule has 82 valence electrons. The minimum atomic E-state index is -0.281. The summed E-state index contributed by atoms with van der Waals surface area (Å²) in [6.45, 7) is 1.10. The van der Waals surface area contributed by atoms with E-state index >= 15 is 0 Å². The molecule has 1 aromatic heterocycles. The third kappa shape index (κ3) is 2.30. The molecule has 0 fully saturated rings. The third-order valence-corrected chi connectivity index (χ3v) is 2.63. The van der Waals surface area contributed by atoms with Crippen molar-refractivity contribution in [2.75, 3.05) is 6.54 Å². The Morgan fingerprint density at radius 3 is 2.87 bits per heavy atom. The molecule has 0 saturated carbocycles. The Morgan fingerprint density at radius 2 is 2.20 bits per heavy atom. The van der Waals surface area contributed by atoms with E-state index in [0.29, 0.717) is 17.6 Å². The molecule has 3 nitrogen and oxygen atoms in total. The molecule has 0 amide bonds. The molecular weight excluding hydrogens is 284 g/mol. The van der Waals surface area contributed by atoms with E-state index < -0.39 is 0 Å². The molecule has 0 saturated heterocycles. The lowest BCUT2D eigenvalue weighted by Gasteiger charge is -2.01. The van der Waals surface area contributed by atoms with Crippen molar-refractivity contribution in [2.45, 2.75) is 6.54 Å². The van der Waals surface area contributed by atoms with Gasteiger partial charge in [-0.1, -0.05) is 0 Å². The van der Waals surface area contributed by atoms with Crippen LogP contribution in [0.1, 0.15) is 0 Å². The first-order valence-electron chi connectivity index (χ1n) is 4.23. The van der Waals surface area contributed by atoms with Gasteiger partial charge in [0.15, 0.2) is 0 Å². The second kappa shape index (κ2) is 4.92. The molecule has 2 rings (SSSR count). The summed E-state index contributed by atoms with van der Waals surface area (Å²) in [4.78, 5) is 0. The SMILES string of the molecule is Cl.NCCn1ncc2cc(Br)c(F)cc21. The van der Waals surface area contributed by atoms with Crippen LogP contribution in [0.15, 0.2) is 22.8 Å². The van der Waals surface area contributed by atoms with Gasteiger partial charge in [0.05, 0.1) is 22.7 Å². The van der Waals surface area contributed by atoms with Gasteiger partial charge in [0, 0.05) is 18.0 Å². The second-order valence-electron chi connectivity index (χ2n) is 2.98. The summed E-state index contributed by atoms with van der Waals surface area (Å²) in [5.74, 6) is -0.281. The fraction of sp³-hybridized carbons (Fsp3) is 0.222. The van der Waals surface area contributed by atoms with Gasteiger partial charge >= 0.3 is 0 Å². The predicted molar refractivity (Wildman–Crippen MR) is 63.7 cm³/mol. The van der Waals surface area contributed by atoms with Gasteiger partial charge in [0.25, 0.3) is 0 Å². The van der Waals surface area contributed by atoms with Gasteiger partial charge in [-0.05, 0) is 22.0 Å². The van der Waals surface area contributed by atoms with E-state index in [4.69, 9.17) is 5.73 Å². The average Bonchev–Trinajstić information content (AvgIpc) is 2.51. The molecule has 1 heterocycles. The molecule has 0 radical (unpaired) electrons. The van der Waals surface area contributed by atoms with Gasteiger partial charge < -0.3 is 5.73 Å². The first-order valence-corrected chi connectivity index (χ1v) is 5.02. The quantitative estimate of drug-likeness (QED) is 0.924. The van der Waals surface area contributed by atoms with Crippen molar-refractivity contribution in [3.8, 4) is 0 Å². The lowest BCUT2D eigenvalue weighted by molar-refractivity contribution is 0.615. The monoisotopic (exact) mass is 293 g/mol. The molecule has 2 N–H and O–H groups in total. The van der Waals surface area contributed by atoms with E-state index in [2.05, 4.69) is 21.0 Å². The van der Waals surface area contributed by atoms with Crippen LogP contribution >= 0.6 is 28.3 Å². The Balaban J connectivity index is 0.00000112. The summed E-state index contributed by atoms with van der Waals surface area (Å²) >= 11 is 3.13. The van der Waals surface area contributed by atoms with Crippen LogP contribution in [-0.2, 0) is 6.54 Å². The van der Waals surface area contributed by atoms with Crippen molar-refractivity contribution in [3.05, 3.63) is 28.6 Å². The van der Waals surface area contributed by atoms with Crippen molar-refractivity contribution in [1.82, 2.24) is 9.78 Å². The van der Waals surface area contributed by atoms with E-state index in [-0.39, 0.29) is 18.2 Å². The number of benzene rings is 1. The zero-order valence-corrected chi connectivity index (χ0v) is 10.2.